The third-order valence-electron chi connectivity index (χ3n) is 3.50. The van der Waals surface area contributed by atoms with Crippen LogP contribution in [0.3, 0.4) is 0 Å². The molecule has 1 N–H and O–H groups in total. The maximum atomic E-state index is 10.3. The molecule has 18 heavy (non-hydrogen) atoms. The summed E-state index contributed by atoms with van der Waals surface area (Å²) >= 11 is 0. The Labute approximate surface area is 105 Å². The minimum Gasteiger partial charge on any atom is -0.467 e. The topological polar surface area (TPSA) is 80.6 Å². The fourth-order valence-corrected chi connectivity index (χ4v) is 2.29. The summed E-state index contributed by atoms with van der Waals surface area (Å²) in [6, 6.07) is 0.442. The second kappa shape index (κ2) is 3.94. The van der Waals surface area contributed by atoms with E-state index in [0.29, 0.717) is 25.0 Å². The van der Waals surface area contributed by atoms with Gasteiger partial charge < -0.3 is 19.5 Å². The van der Waals surface area contributed by atoms with Gasteiger partial charge in [0.2, 0.25) is 5.95 Å². The number of hydrogen-bond acceptors (Lipinski definition) is 7. The fraction of sp³-hybridized carbons (Fsp3) is 0.727. The average Bonchev–Trinajstić information content (AvgIpc) is 3.18. The second-order valence-electron chi connectivity index (χ2n) is 4.84. The van der Waals surface area contributed by atoms with Crippen molar-refractivity contribution in [3.8, 4) is 12.0 Å². The summed E-state index contributed by atoms with van der Waals surface area (Å²) in [7, 11) is 2.99. The largest absolute Gasteiger partial charge is 0.467 e. The average molecular weight is 252 g/mol. The van der Waals surface area contributed by atoms with Crippen LogP contribution < -0.4 is 14.4 Å². The molecular formula is C11H16N4O3. The van der Waals surface area contributed by atoms with Crippen LogP contribution in [0, 0.1) is 5.92 Å². The predicted molar refractivity (Wildman–Crippen MR) is 62.8 cm³/mol. The number of aromatic nitrogens is 3. The first-order valence-electron chi connectivity index (χ1n) is 5.96. The van der Waals surface area contributed by atoms with Gasteiger partial charge in [0.25, 0.3) is 0 Å². The molecule has 0 atom stereocenters. The summed E-state index contributed by atoms with van der Waals surface area (Å²) in [5, 5.41) is 10.3. The van der Waals surface area contributed by atoms with Gasteiger partial charge in [-0.3, -0.25) is 0 Å². The van der Waals surface area contributed by atoms with Crippen molar-refractivity contribution in [3.63, 3.8) is 0 Å². The van der Waals surface area contributed by atoms with Crippen molar-refractivity contribution in [1.29, 1.82) is 0 Å². The summed E-state index contributed by atoms with van der Waals surface area (Å²) in [5.74, 6) is 0.934. The first kappa shape index (κ1) is 11.5. The normalized spacial score (nSPS) is 21.4. The van der Waals surface area contributed by atoms with Crippen molar-refractivity contribution in [1.82, 2.24) is 15.0 Å². The zero-order chi connectivity index (χ0) is 12.8. The van der Waals surface area contributed by atoms with Crippen molar-refractivity contribution in [2.45, 2.75) is 18.4 Å². The molecule has 3 rings (SSSR count). The molecule has 98 valence electrons. The SMILES string of the molecule is COc1nc(OC)nc(N2CC(O)(C3CC3)C2)n1. The summed E-state index contributed by atoms with van der Waals surface area (Å²) in [6.07, 6.45) is 2.24. The Balaban J connectivity index is 1.76. The third kappa shape index (κ3) is 1.84. The van der Waals surface area contributed by atoms with E-state index in [4.69, 9.17) is 9.47 Å². The highest BCUT2D eigenvalue weighted by molar-refractivity contribution is 5.39. The molecule has 0 spiro atoms. The Kier molecular flexibility index (Phi) is 2.51. The third-order valence-corrected chi connectivity index (χ3v) is 3.50. The van der Waals surface area contributed by atoms with Crippen LogP contribution in [0.2, 0.25) is 0 Å². The van der Waals surface area contributed by atoms with Crippen molar-refractivity contribution >= 4 is 5.95 Å². The predicted octanol–water partition coefficient (Wildman–Crippen LogP) is -0.150. The van der Waals surface area contributed by atoms with Crippen LogP contribution in [0.5, 0.6) is 12.0 Å². The smallest absolute Gasteiger partial charge is 0.324 e. The van der Waals surface area contributed by atoms with Gasteiger partial charge in [-0.25, -0.2) is 0 Å². The maximum Gasteiger partial charge on any atom is 0.324 e. The van der Waals surface area contributed by atoms with E-state index >= 15 is 0 Å². The molecule has 7 nitrogen and oxygen atoms in total. The number of aliphatic hydroxyl groups is 1. The Morgan fingerprint density at radius 1 is 1.11 bits per heavy atom. The molecule has 0 bridgehead atoms. The highest BCUT2D eigenvalue weighted by atomic mass is 16.5. The van der Waals surface area contributed by atoms with Gasteiger partial charge in [0, 0.05) is 0 Å². The lowest BCUT2D eigenvalue weighted by Gasteiger charge is -2.46. The van der Waals surface area contributed by atoms with Gasteiger partial charge in [0.05, 0.1) is 27.3 Å². The number of anilines is 1. The second-order valence-corrected chi connectivity index (χ2v) is 4.84. The molecule has 1 aromatic heterocycles. The van der Waals surface area contributed by atoms with E-state index in [-0.39, 0.29) is 12.0 Å². The van der Waals surface area contributed by atoms with E-state index in [1.165, 1.54) is 14.2 Å². The van der Waals surface area contributed by atoms with Crippen molar-refractivity contribution in [2.24, 2.45) is 5.92 Å². The van der Waals surface area contributed by atoms with E-state index in [9.17, 15) is 5.11 Å². The van der Waals surface area contributed by atoms with E-state index < -0.39 is 5.60 Å². The van der Waals surface area contributed by atoms with Gasteiger partial charge in [-0.15, -0.1) is 4.98 Å². The Hall–Kier alpha value is -1.63. The van der Waals surface area contributed by atoms with Gasteiger partial charge >= 0.3 is 12.0 Å². The van der Waals surface area contributed by atoms with Crippen molar-refractivity contribution < 1.29 is 14.6 Å². The molecule has 1 aliphatic heterocycles. The van der Waals surface area contributed by atoms with Gasteiger partial charge in [0.15, 0.2) is 0 Å². The number of β-amino-alcohol motifs (C(OH)–C–C–N with tert-alkyl or cyclic N) is 1. The fourth-order valence-electron chi connectivity index (χ4n) is 2.29. The molecule has 7 heteroatoms. The Morgan fingerprint density at radius 3 is 2.11 bits per heavy atom. The lowest BCUT2D eigenvalue weighted by molar-refractivity contribution is -0.0104. The summed E-state index contributed by atoms with van der Waals surface area (Å²) in [4.78, 5) is 14.2. The van der Waals surface area contributed by atoms with Crippen LogP contribution in [0.4, 0.5) is 5.95 Å². The Bertz CT molecular complexity index is 435. The lowest BCUT2D eigenvalue weighted by atomic mass is 9.89. The molecule has 2 fully saturated rings. The van der Waals surface area contributed by atoms with Crippen LogP contribution in [0.1, 0.15) is 12.8 Å². The maximum absolute atomic E-state index is 10.3. The first-order valence-corrected chi connectivity index (χ1v) is 5.96. The van der Waals surface area contributed by atoms with Gasteiger partial charge in [-0.1, -0.05) is 0 Å². The van der Waals surface area contributed by atoms with Crippen LogP contribution in [0.25, 0.3) is 0 Å². The molecular weight excluding hydrogens is 236 g/mol. The molecule has 1 saturated carbocycles. The van der Waals surface area contributed by atoms with E-state index in [0.717, 1.165) is 12.8 Å². The number of hydrogen-bond donors (Lipinski definition) is 1. The highest BCUT2D eigenvalue weighted by Crippen LogP contribution is 2.45. The molecule has 0 radical (unpaired) electrons. The van der Waals surface area contributed by atoms with E-state index in [2.05, 4.69) is 15.0 Å². The molecule has 1 aromatic rings. The summed E-state index contributed by atoms with van der Waals surface area (Å²) in [5.41, 5.74) is -0.562. The summed E-state index contributed by atoms with van der Waals surface area (Å²) < 4.78 is 9.99. The van der Waals surface area contributed by atoms with Crippen molar-refractivity contribution in [2.75, 3.05) is 32.2 Å². The van der Waals surface area contributed by atoms with Crippen molar-refractivity contribution in [3.05, 3.63) is 0 Å². The van der Waals surface area contributed by atoms with Crippen LogP contribution in [0.15, 0.2) is 0 Å². The Morgan fingerprint density at radius 2 is 1.67 bits per heavy atom. The molecule has 1 aliphatic carbocycles. The first-order chi connectivity index (χ1) is 8.64. The zero-order valence-corrected chi connectivity index (χ0v) is 10.5. The zero-order valence-electron chi connectivity index (χ0n) is 10.5. The monoisotopic (exact) mass is 252 g/mol. The van der Waals surface area contributed by atoms with Gasteiger partial charge in [0.1, 0.15) is 5.60 Å². The molecule has 0 aromatic carbocycles. The number of methoxy groups -OCH3 is 2. The van der Waals surface area contributed by atoms with Gasteiger partial charge in [-0.05, 0) is 18.8 Å². The minimum absolute atomic E-state index is 0.221. The molecule has 2 aliphatic rings. The van der Waals surface area contributed by atoms with E-state index in [1.54, 1.807) is 0 Å². The number of nitrogens with zero attached hydrogens (tertiary/aromatic N) is 4. The summed E-state index contributed by atoms with van der Waals surface area (Å²) in [6.45, 7) is 1.13. The van der Waals surface area contributed by atoms with Crippen LogP contribution in [-0.2, 0) is 0 Å². The van der Waals surface area contributed by atoms with Crippen LogP contribution >= 0.6 is 0 Å². The van der Waals surface area contributed by atoms with E-state index in [1.807, 2.05) is 4.90 Å². The minimum atomic E-state index is -0.562. The standard InChI is InChI=1S/C11H16N4O3/c1-17-9-12-8(13-10(14-9)18-2)15-5-11(16,6-15)7-3-4-7/h7,16H,3-6H2,1-2H3. The molecule has 0 amide bonds. The molecule has 2 heterocycles. The highest BCUT2D eigenvalue weighted by Gasteiger charge is 2.52. The molecule has 1 saturated heterocycles. The lowest BCUT2D eigenvalue weighted by Crippen LogP contribution is -2.63. The van der Waals surface area contributed by atoms with Crippen LogP contribution in [-0.4, -0.2) is 53.0 Å². The quantitative estimate of drug-likeness (QED) is 0.798. The number of ether oxygens (including phenoxy) is 2. The number of rotatable bonds is 4. The molecule has 0 unspecified atom stereocenters. The van der Waals surface area contributed by atoms with Gasteiger partial charge in [-0.2, -0.15) is 9.97 Å².